The Morgan fingerprint density at radius 3 is 2.73 bits per heavy atom. The van der Waals surface area contributed by atoms with Gasteiger partial charge in [0.15, 0.2) is 11.3 Å². The molecule has 0 bridgehead atoms. The molecule has 0 amide bonds. The molecule has 2 aliphatic heterocycles. The van der Waals surface area contributed by atoms with Crippen LogP contribution in [0.3, 0.4) is 0 Å². The van der Waals surface area contributed by atoms with Gasteiger partial charge in [-0.25, -0.2) is 4.98 Å². The molecule has 4 heterocycles. The monoisotopic (exact) mass is 572 g/mol. The summed E-state index contributed by atoms with van der Waals surface area (Å²) in [7, 11) is 2.09. The Hall–Kier alpha value is -3.78. The highest BCUT2D eigenvalue weighted by molar-refractivity contribution is 6.36. The van der Waals surface area contributed by atoms with Gasteiger partial charge in [-0.2, -0.15) is 15.2 Å². The van der Waals surface area contributed by atoms with Gasteiger partial charge in [0.25, 0.3) is 5.56 Å². The Balaban J connectivity index is 1.54. The SMILES string of the molecule is CCc1nc2c(N3CCNC(CC#N)C3)nc(OCC3CCCN3C)nc2c(=O)n1-c1cccc2cccc(Cl)c12. The van der Waals surface area contributed by atoms with Crippen molar-refractivity contribution in [2.75, 3.05) is 44.7 Å². The summed E-state index contributed by atoms with van der Waals surface area (Å²) in [6.45, 7) is 5.35. The number of nitriles is 1. The predicted octanol–water partition coefficient (Wildman–Crippen LogP) is 3.71. The van der Waals surface area contributed by atoms with E-state index in [9.17, 15) is 10.1 Å². The Bertz CT molecular complexity index is 1700. The molecule has 0 spiro atoms. The van der Waals surface area contributed by atoms with E-state index in [0.717, 1.165) is 30.2 Å². The van der Waals surface area contributed by atoms with Crippen LogP contribution in [0.1, 0.15) is 32.0 Å². The maximum absolute atomic E-state index is 14.4. The first-order chi connectivity index (χ1) is 20.0. The van der Waals surface area contributed by atoms with E-state index in [0.29, 0.717) is 67.0 Å². The van der Waals surface area contributed by atoms with E-state index in [1.165, 1.54) is 0 Å². The van der Waals surface area contributed by atoms with Crippen molar-refractivity contribution in [1.29, 1.82) is 5.26 Å². The van der Waals surface area contributed by atoms with Crippen LogP contribution in [0.4, 0.5) is 5.82 Å². The third-order valence-electron chi connectivity index (χ3n) is 8.11. The van der Waals surface area contributed by atoms with Crippen LogP contribution in [0.5, 0.6) is 6.01 Å². The van der Waals surface area contributed by atoms with Gasteiger partial charge in [0.05, 0.1) is 23.2 Å². The smallest absolute Gasteiger partial charge is 0.319 e. The molecule has 2 aromatic heterocycles. The van der Waals surface area contributed by atoms with Crippen LogP contribution in [0, 0.1) is 11.3 Å². The fourth-order valence-electron chi connectivity index (χ4n) is 5.94. The highest BCUT2D eigenvalue weighted by Crippen LogP contribution is 2.31. The lowest BCUT2D eigenvalue weighted by molar-refractivity contribution is 0.188. The Kier molecular flexibility index (Phi) is 7.75. The summed E-state index contributed by atoms with van der Waals surface area (Å²) >= 11 is 6.66. The van der Waals surface area contributed by atoms with Gasteiger partial charge in [-0.1, -0.05) is 42.8 Å². The number of likely N-dealkylation sites (N-methyl/N-ethyl adjacent to an activating group) is 1. The first-order valence-electron chi connectivity index (χ1n) is 14.2. The van der Waals surface area contributed by atoms with Crippen LogP contribution in [-0.2, 0) is 6.42 Å². The van der Waals surface area contributed by atoms with Gasteiger partial charge in [0, 0.05) is 43.5 Å². The number of ether oxygens (including phenoxy) is 1. The number of hydrogen-bond acceptors (Lipinski definition) is 9. The molecule has 10 nitrogen and oxygen atoms in total. The summed E-state index contributed by atoms with van der Waals surface area (Å²) in [6, 6.07) is 14.2. The standard InChI is InChI=1S/C30H33ClN8O2/c1-3-24-34-26-27(29(40)39(24)23-11-5-8-19-7-4-10-22(31)25(19)23)35-30(41-18-21-9-6-15-37(21)2)36-28(26)38-16-14-33-20(17-38)12-13-32/h4-5,7-8,10-11,20-21,33H,3,6,9,12,14-18H2,1-2H3. The average Bonchev–Trinajstić information content (AvgIpc) is 3.40. The summed E-state index contributed by atoms with van der Waals surface area (Å²) in [5.74, 6) is 1.15. The normalized spacial score (nSPS) is 19.6. The molecule has 212 valence electrons. The Morgan fingerprint density at radius 2 is 1.98 bits per heavy atom. The Morgan fingerprint density at radius 1 is 1.15 bits per heavy atom. The van der Waals surface area contributed by atoms with E-state index in [4.69, 9.17) is 26.3 Å². The molecule has 2 atom stereocenters. The third-order valence-corrected chi connectivity index (χ3v) is 8.42. The molecule has 2 aromatic carbocycles. The second kappa shape index (κ2) is 11.6. The summed E-state index contributed by atoms with van der Waals surface area (Å²) < 4.78 is 7.79. The topological polar surface area (TPSA) is 112 Å². The highest BCUT2D eigenvalue weighted by Gasteiger charge is 2.27. The number of fused-ring (bicyclic) bond motifs is 2. The Labute approximate surface area is 243 Å². The van der Waals surface area contributed by atoms with Crippen molar-refractivity contribution in [1.82, 2.24) is 29.7 Å². The molecule has 6 rings (SSSR count). The maximum Gasteiger partial charge on any atom is 0.319 e. The van der Waals surface area contributed by atoms with E-state index in [2.05, 4.69) is 33.2 Å². The molecule has 4 aromatic rings. The lowest BCUT2D eigenvalue weighted by Gasteiger charge is -2.34. The molecule has 2 aliphatic rings. The highest BCUT2D eigenvalue weighted by atomic mass is 35.5. The molecular formula is C30H33ClN8O2. The summed E-state index contributed by atoms with van der Waals surface area (Å²) in [4.78, 5) is 33.2. The van der Waals surface area contributed by atoms with Crippen molar-refractivity contribution in [3.05, 3.63) is 57.6 Å². The number of hydrogen-bond donors (Lipinski definition) is 1. The zero-order chi connectivity index (χ0) is 28.5. The molecule has 0 aliphatic carbocycles. The number of aromatic nitrogens is 4. The quantitative estimate of drug-likeness (QED) is 0.354. The second-order valence-corrected chi connectivity index (χ2v) is 11.1. The third kappa shape index (κ3) is 5.21. The van der Waals surface area contributed by atoms with Crippen molar-refractivity contribution in [3.63, 3.8) is 0 Å². The molecule has 0 saturated carbocycles. The predicted molar refractivity (Wildman–Crippen MR) is 160 cm³/mol. The van der Waals surface area contributed by atoms with Crippen LogP contribution >= 0.6 is 11.6 Å². The summed E-state index contributed by atoms with van der Waals surface area (Å²) in [5, 5.41) is 15.0. The summed E-state index contributed by atoms with van der Waals surface area (Å²) in [5.41, 5.74) is 1.00. The van der Waals surface area contributed by atoms with E-state index in [1.54, 1.807) is 4.57 Å². The maximum atomic E-state index is 14.4. The first kappa shape index (κ1) is 27.4. The van der Waals surface area contributed by atoms with E-state index < -0.39 is 0 Å². The number of anilines is 1. The van der Waals surface area contributed by atoms with Gasteiger partial charge < -0.3 is 19.9 Å². The number of likely N-dealkylation sites (tertiary alicyclic amines) is 1. The molecule has 11 heteroatoms. The number of aryl methyl sites for hydroxylation is 1. The summed E-state index contributed by atoms with van der Waals surface area (Å²) in [6.07, 6.45) is 3.05. The zero-order valence-corrected chi connectivity index (χ0v) is 24.1. The molecule has 1 N–H and O–H groups in total. The van der Waals surface area contributed by atoms with Crippen molar-refractivity contribution < 1.29 is 4.74 Å². The molecule has 2 unspecified atom stereocenters. The number of halogens is 1. The minimum Gasteiger partial charge on any atom is -0.462 e. The van der Waals surface area contributed by atoms with Crippen molar-refractivity contribution >= 4 is 39.2 Å². The van der Waals surface area contributed by atoms with Gasteiger partial charge in [0.2, 0.25) is 0 Å². The van der Waals surface area contributed by atoms with Crippen LogP contribution in [-0.4, -0.2) is 76.3 Å². The van der Waals surface area contributed by atoms with Crippen LogP contribution < -0.4 is 20.5 Å². The van der Waals surface area contributed by atoms with Crippen LogP contribution in [0.25, 0.3) is 27.5 Å². The van der Waals surface area contributed by atoms with E-state index >= 15 is 0 Å². The lowest BCUT2D eigenvalue weighted by atomic mass is 10.1. The van der Waals surface area contributed by atoms with Gasteiger partial charge >= 0.3 is 6.01 Å². The minimum absolute atomic E-state index is 0.0147. The molecule has 2 fully saturated rings. The number of rotatable bonds is 7. The van der Waals surface area contributed by atoms with Crippen LogP contribution in [0.2, 0.25) is 5.02 Å². The fourth-order valence-corrected chi connectivity index (χ4v) is 6.21. The fraction of sp³-hybridized carbons (Fsp3) is 0.433. The van der Waals surface area contributed by atoms with E-state index in [1.807, 2.05) is 43.3 Å². The largest absolute Gasteiger partial charge is 0.462 e. The van der Waals surface area contributed by atoms with Gasteiger partial charge in [-0.3, -0.25) is 9.36 Å². The molecule has 2 saturated heterocycles. The number of nitrogens with one attached hydrogen (secondary N) is 1. The van der Waals surface area contributed by atoms with Crippen LogP contribution in [0.15, 0.2) is 41.2 Å². The van der Waals surface area contributed by atoms with Crippen molar-refractivity contribution in [2.45, 2.75) is 44.7 Å². The second-order valence-electron chi connectivity index (χ2n) is 10.7. The zero-order valence-electron chi connectivity index (χ0n) is 23.3. The molecular weight excluding hydrogens is 540 g/mol. The molecule has 0 radical (unpaired) electrons. The van der Waals surface area contributed by atoms with Crippen molar-refractivity contribution in [3.8, 4) is 17.8 Å². The van der Waals surface area contributed by atoms with Gasteiger partial charge in [0.1, 0.15) is 17.9 Å². The first-order valence-corrected chi connectivity index (χ1v) is 14.6. The number of benzene rings is 2. The van der Waals surface area contributed by atoms with Crippen molar-refractivity contribution in [2.24, 2.45) is 0 Å². The average molecular weight is 573 g/mol. The molecule has 41 heavy (non-hydrogen) atoms. The number of piperazine rings is 1. The minimum atomic E-state index is -0.297. The lowest BCUT2D eigenvalue weighted by Crippen LogP contribution is -2.51. The number of nitrogens with zero attached hydrogens (tertiary/aromatic N) is 7. The van der Waals surface area contributed by atoms with Gasteiger partial charge in [-0.05, 0) is 44.0 Å². The van der Waals surface area contributed by atoms with E-state index in [-0.39, 0.29) is 29.2 Å². The van der Waals surface area contributed by atoms with Gasteiger partial charge in [-0.15, -0.1) is 0 Å².